The SMILES string of the molecule is C1CCCC(NC2CCCOC2)CCC1. The van der Waals surface area contributed by atoms with Crippen LogP contribution in [0, 0.1) is 0 Å². The molecule has 0 aromatic carbocycles. The Morgan fingerprint density at radius 2 is 1.40 bits per heavy atom. The Hall–Kier alpha value is -0.0800. The van der Waals surface area contributed by atoms with Crippen LogP contribution >= 0.6 is 0 Å². The first kappa shape index (κ1) is 11.4. The molecule has 88 valence electrons. The van der Waals surface area contributed by atoms with Crippen LogP contribution in [-0.2, 0) is 4.74 Å². The van der Waals surface area contributed by atoms with Crippen LogP contribution in [0.4, 0.5) is 0 Å². The van der Waals surface area contributed by atoms with Crippen molar-refractivity contribution in [2.24, 2.45) is 0 Å². The maximum Gasteiger partial charge on any atom is 0.0619 e. The second-order valence-electron chi connectivity index (χ2n) is 5.12. The molecule has 1 aliphatic heterocycles. The van der Waals surface area contributed by atoms with Crippen LogP contribution in [0.15, 0.2) is 0 Å². The molecule has 0 spiro atoms. The molecule has 1 atom stereocenters. The molecular formula is C13H25NO. The summed E-state index contributed by atoms with van der Waals surface area (Å²) in [4.78, 5) is 0. The quantitative estimate of drug-likeness (QED) is 0.758. The highest BCUT2D eigenvalue weighted by atomic mass is 16.5. The van der Waals surface area contributed by atoms with Gasteiger partial charge in [0.25, 0.3) is 0 Å². The summed E-state index contributed by atoms with van der Waals surface area (Å²) in [5.41, 5.74) is 0. The molecule has 2 rings (SSSR count). The van der Waals surface area contributed by atoms with E-state index in [0.717, 1.165) is 19.3 Å². The van der Waals surface area contributed by atoms with Crippen molar-refractivity contribution in [1.82, 2.24) is 5.32 Å². The fourth-order valence-electron chi connectivity index (χ4n) is 2.83. The van der Waals surface area contributed by atoms with Gasteiger partial charge in [0.2, 0.25) is 0 Å². The zero-order valence-corrected chi connectivity index (χ0v) is 9.84. The smallest absolute Gasteiger partial charge is 0.0619 e. The second kappa shape index (κ2) is 6.49. The zero-order chi connectivity index (χ0) is 10.3. The van der Waals surface area contributed by atoms with Crippen molar-refractivity contribution in [3.63, 3.8) is 0 Å². The first-order chi connectivity index (χ1) is 7.45. The molecule has 2 heteroatoms. The molecule has 1 saturated heterocycles. The summed E-state index contributed by atoms with van der Waals surface area (Å²) in [7, 11) is 0. The van der Waals surface area contributed by atoms with Gasteiger partial charge in [-0.05, 0) is 25.7 Å². The molecule has 1 saturated carbocycles. The summed E-state index contributed by atoms with van der Waals surface area (Å²) in [6.45, 7) is 1.92. The van der Waals surface area contributed by atoms with Crippen LogP contribution in [0.5, 0.6) is 0 Å². The number of rotatable bonds is 2. The van der Waals surface area contributed by atoms with Gasteiger partial charge in [-0.25, -0.2) is 0 Å². The maximum absolute atomic E-state index is 5.52. The summed E-state index contributed by atoms with van der Waals surface area (Å²) in [5.74, 6) is 0. The van der Waals surface area contributed by atoms with Crippen LogP contribution in [0.1, 0.15) is 57.8 Å². The minimum Gasteiger partial charge on any atom is -0.380 e. The molecule has 0 bridgehead atoms. The highest BCUT2D eigenvalue weighted by Crippen LogP contribution is 2.18. The molecule has 15 heavy (non-hydrogen) atoms. The van der Waals surface area contributed by atoms with E-state index in [-0.39, 0.29) is 0 Å². The summed E-state index contributed by atoms with van der Waals surface area (Å²) < 4.78 is 5.52. The van der Waals surface area contributed by atoms with E-state index in [1.807, 2.05) is 0 Å². The Morgan fingerprint density at radius 1 is 0.733 bits per heavy atom. The molecule has 1 N–H and O–H groups in total. The van der Waals surface area contributed by atoms with E-state index < -0.39 is 0 Å². The lowest BCUT2D eigenvalue weighted by atomic mass is 9.95. The predicted octanol–water partition coefficient (Wildman–Crippen LogP) is 2.87. The molecule has 2 nitrogen and oxygen atoms in total. The molecule has 1 unspecified atom stereocenters. The lowest BCUT2D eigenvalue weighted by Crippen LogP contribution is -2.43. The van der Waals surface area contributed by atoms with Crippen LogP contribution in [0.2, 0.25) is 0 Å². The molecule has 1 heterocycles. The molecule has 0 radical (unpaired) electrons. The van der Waals surface area contributed by atoms with Gasteiger partial charge in [0, 0.05) is 18.7 Å². The molecule has 0 amide bonds. The van der Waals surface area contributed by atoms with E-state index in [9.17, 15) is 0 Å². The van der Waals surface area contributed by atoms with E-state index in [2.05, 4.69) is 5.32 Å². The Kier molecular flexibility index (Phi) is 4.94. The Labute approximate surface area is 93.8 Å². The van der Waals surface area contributed by atoms with E-state index in [0.29, 0.717) is 6.04 Å². The van der Waals surface area contributed by atoms with Crippen molar-refractivity contribution in [2.75, 3.05) is 13.2 Å². The second-order valence-corrected chi connectivity index (χ2v) is 5.12. The van der Waals surface area contributed by atoms with Gasteiger partial charge in [0.1, 0.15) is 0 Å². The maximum atomic E-state index is 5.52. The van der Waals surface area contributed by atoms with Gasteiger partial charge in [-0.1, -0.05) is 32.1 Å². The highest BCUT2D eigenvalue weighted by Gasteiger charge is 2.18. The van der Waals surface area contributed by atoms with Gasteiger partial charge in [0.05, 0.1) is 6.61 Å². The largest absolute Gasteiger partial charge is 0.380 e. The standard InChI is InChI=1S/C13H25NO/c1-2-4-7-12(8-5-3-1)14-13-9-6-10-15-11-13/h12-14H,1-11H2. The molecule has 2 aliphatic rings. The van der Waals surface area contributed by atoms with Crippen LogP contribution < -0.4 is 5.32 Å². The van der Waals surface area contributed by atoms with Gasteiger partial charge < -0.3 is 10.1 Å². The Bertz CT molecular complexity index is 158. The average molecular weight is 211 g/mol. The Balaban J connectivity index is 1.70. The topological polar surface area (TPSA) is 21.3 Å². The van der Waals surface area contributed by atoms with Crippen molar-refractivity contribution in [1.29, 1.82) is 0 Å². The van der Waals surface area contributed by atoms with E-state index >= 15 is 0 Å². The summed E-state index contributed by atoms with van der Waals surface area (Å²) in [6.07, 6.45) is 12.5. The lowest BCUT2D eigenvalue weighted by Gasteiger charge is -2.29. The van der Waals surface area contributed by atoms with Gasteiger partial charge >= 0.3 is 0 Å². The summed E-state index contributed by atoms with van der Waals surface area (Å²) in [5, 5.41) is 3.80. The number of ether oxygens (including phenoxy) is 1. The number of nitrogens with one attached hydrogen (secondary N) is 1. The van der Waals surface area contributed by atoms with Crippen molar-refractivity contribution < 1.29 is 4.74 Å². The minimum atomic E-state index is 0.642. The molecular weight excluding hydrogens is 186 g/mol. The lowest BCUT2D eigenvalue weighted by molar-refractivity contribution is 0.0649. The molecule has 1 aliphatic carbocycles. The van der Waals surface area contributed by atoms with Gasteiger partial charge in [0.15, 0.2) is 0 Å². The third-order valence-electron chi connectivity index (χ3n) is 3.74. The third-order valence-corrected chi connectivity index (χ3v) is 3.74. The van der Waals surface area contributed by atoms with Crippen molar-refractivity contribution >= 4 is 0 Å². The van der Waals surface area contributed by atoms with E-state index in [1.54, 1.807) is 0 Å². The van der Waals surface area contributed by atoms with E-state index in [1.165, 1.54) is 57.8 Å². The van der Waals surface area contributed by atoms with E-state index in [4.69, 9.17) is 4.74 Å². The first-order valence-corrected chi connectivity index (χ1v) is 6.79. The summed E-state index contributed by atoms with van der Waals surface area (Å²) >= 11 is 0. The molecule has 0 aromatic rings. The fourth-order valence-corrected chi connectivity index (χ4v) is 2.83. The third kappa shape index (κ3) is 4.12. The van der Waals surface area contributed by atoms with Crippen LogP contribution in [0.3, 0.4) is 0 Å². The zero-order valence-electron chi connectivity index (χ0n) is 9.84. The normalized spacial score (nSPS) is 30.8. The average Bonchev–Trinajstić information content (AvgIpc) is 2.23. The minimum absolute atomic E-state index is 0.642. The van der Waals surface area contributed by atoms with Gasteiger partial charge in [-0.15, -0.1) is 0 Å². The van der Waals surface area contributed by atoms with Crippen molar-refractivity contribution in [2.45, 2.75) is 69.9 Å². The molecule has 0 aromatic heterocycles. The first-order valence-electron chi connectivity index (χ1n) is 6.79. The van der Waals surface area contributed by atoms with Gasteiger partial charge in [-0.3, -0.25) is 0 Å². The number of hydrogen-bond acceptors (Lipinski definition) is 2. The van der Waals surface area contributed by atoms with Crippen LogP contribution in [0.25, 0.3) is 0 Å². The predicted molar refractivity (Wildman–Crippen MR) is 63.1 cm³/mol. The van der Waals surface area contributed by atoms with Crippen molar-refractivity contribution in [3.05, 3.63) is 0 Å². The fraction of sp³-hybridized carbons (Fsp3) is 1.00. The highest BCUT2D eigenvalue weighted by molar-refractivity contribution is 4.77. The van der Waals surface area contributed by atoms with Crippen LogP contribution in [-0.4, -0.2) is 25.3 Å². The van der Waals surface area contributed by atoms with Gasteiger partial charge in [-0.2, -0.15) is 0 Å². The summed E-state index contributed by atoms with van der Waals surface area (Å²) in [6, 6.07) is 1.42. The number of hydrogen-bond donors (Lipinski definition) is 1. The Morgan fingerprint density at radius 3 is 2.07 bits per heavy atom. The van der Waals surface area contributed by atoms with Crippen molar-refractivity contribution in [3.8, 4) is 0 Å². The molecule has 2 fully saturated rings. The monoisotopic (exact) mass is 211 g/mol.